The number of carbonyl (C=O) groups excluding carboxylic acids is 2. The molecule has 0 bridgehead atoms. The molecule has 1 atom stereocenters. The van der Waals surface area contributed by atoms with Gasteiger partial charge in [-0.05, 0) is 48.4 Å². The van der Waals surface area contributed by atoms with Crippen LogP contribution in [0.25, 0.3) is 0 Å². The number of ether oxygens (including phenoxy) is 1. The van der Waals surface area contributed by atoms with E-state index in [9.17, 15) is 18.4 Å². The number of urea groups is 1. The van der Waals surface area contributed by atoms with Gasteiger partial charge in [0, 0.05) is 18.8 Å². The quantitative estimate of drug-likeness (QED) is 0.829. The van der Waals surface area contributed by atoms with Gasteiger partial charge in [-0.1, -0.05) is 6.07 Å². The Hall–Kier alpha value is -3.16. The molecular weight excluding hydrogens is 356 g/mol. The molecule has 0 saturated carbocycles. The number of hydrogen-bond acceptors (Lipinski definition) is 3. The van der Waals surface area contributed by atoms with Gasteiger partial charge in [-0.25, -0.2) is 18.4 Å². The number of halogens is 2. The SMILES string of the molecule is O=C(Nc1ccc(F)cc1)N1CCC2COC(=O)N2c2cc(F)ccc2C1. The smallest absolute Gasteiger partial charge is 0.414 e. The number of nitrogens with one attached hydrogen (secondary N) is 1. The van der Waals surface area contributed by atoms with Gasteiger partial charge >= 0.3 is 12.1 Å². The highest BCUT2D eigenvalue weighted by atomic mass is 19.1. The summed E-state index contributed by atoms with van der Waals surface area (Å²) in [5.74, 6) is -0.851. The maximum atomic E-state index is 13.8. The van der Waals surface area contributed by atoms with Gasteiger partial charge in [-0.3, -0.25) is 4.90 Å². The molecule has 1 N–H and O–H groups in total. The largest absolute Gasteiger partial charge is 0.447 e. The summed E-state index contributed by atoms with van der Waals surface area (Å²) in [5, 5.41) is 2.73. The molecule has 2 aliphatic heterocycles. The van der Waals surface area contributed by atoms with E-state index in [1.807, 2.05) is 0 Å². The van der Waals surface area contributed by atoms with E-state index in [0.29, 0.717) is 29.9 Å². The Bertz CT molecular complexity index is 888. The average molecular weight is 373 g/mol. The molecule has 6 nitrogen and oxygen atoms in total. The zero-order valence-corrected chi connectivity index (χ0v) is 14.3. The van der Waals surface area contributed by atoms with E-state index in [2.05, 4.69) is 5.32 Å². The van der Waals surface area contributed by atoms with Gasteiger partial charge < -0.3 is 15.0 Å². The van der Waals surface area contributed by atoms with Crippen molar-refractivity contribution in [2.45, 2.75) is 19.0 Å². The van der Waals surface area contributed by atoms with Crippen LogP contribution in [0.4, 0.5) is 29.7 Å². The Morgan fingerprint density at radius 2 is 1.85 bits per heavy atom. The van der Waals surface area contributed by atoms with Gasteiger partial charge in [0.1, 0.15) is 18.2 Å². The zero-order chi connectivity index (χ0) is 19.0. The van der Waals surface area contributed by atoms with Gasteiger partial charge in [0.05, 0.1) is 11.7 Å². The number of nitrogens with zero attached hydrogens (tertiary/aromatic N) is 2. The Morgan fingerprint density at radius 1 is 1.11 bits per heavy atom. The fourth-order valence-electron chi connectivity index (χ4n) is 3.36. The minimum Gasteiger partial charge on any atom is -0.447 e. The number of anilines is 2. The molecule has 2 heterocycles. The Labute approximate surface area is 154 Å². The third-order valence-corrected chi connectivity index (χ3v) is 4.74. The van der Waals surface area contributed by atoms with Crippen LogP contribution < -0.4 is 10.2 Å². The van der Waals surface area contributed by atoms with E-state index < -0.39 is 11.9 Å². The molecule has 1 saturated heterocycles. The van der Waals surface area contributed by atoms with Gasteiger partial charge in [0.15, 0.2) is 0 Å². The van der Waals surface area contributed by atoms with Crippen LogP contribution in [-0.4, -0.2) is 36.2 Å². The molecule has 0 spiro atoms. The molecule has 8 heteroatoms. The number of carbonyl (C=O) groups is 2. The summed E-state index contributed by atoms with van der Waals surface area (Å²) in [4.78, 5) is 27.8. The molecule has 4 rings (SSSR count). The first-order chi connectivity index (χ1) is 13.0. The van der Waals surface area contributed by atoms with Crippen LogP contribution in [0.2, 0.25) is 0 Å². The van der Waals surface area contributed by atoms with Gasteiger partial charge in [-0.2, -0.15) is 0 Å². The van der Waals surface area contributed by atoms with Crippen molar-refractivity contribution in [2.24, 2.45) is 0 Å². The van der Waals surface area contributed by atoms with Crippen LogP contribution in [0.5, 0.6) is 0 Å². The Kier molecular flexibility index (Phi) is 4.39. The van der Waals surface area contributed by atoms with Crippen molar-refractivity contribution in [1.82, 2.24) is 4.90 Å². The van der Waals surface area contributed by atoms with Crippen molar-refractivity contribution in [3.8, 4) is 0 Å². The molecule has 0 aliphatic carbocycles. The lowest BCUT2D eigenvalue weighted by molar-refractivity contribution is 0.177. The molecule has 2 aromatic rings. The second kappa shape index (κ2) is 6.86. The lowest BCUT2D eigenvalue weighted by Gasteiger charge is -2.32. The standard InChI is InChI=1S/C19H17F2N3O3/c20-13-3-5-15(6-4-13)22-18(25)23-8-7-16-11-27-19(26)24(16)17-9-14(21)2-1-12(17)10-23/h1-6,9,16H,7-8,10-11H2,(H,22,25). The fourth-order valence-corrected chi connectivity index (χ4v) is 3.36. The third-order valence-electron chi connectivity index (χ3n) is 4.74. The summed E-state index contributed by atoms with van der Waals surface area (Å²) in [7, 11) is 0. The van der Waals surface area contributed by atoms with Crippen LogP contribution in [0, 0.1) is 11.6 Å². The highest BCUT2D eigenvalue weighted by molar-refractivity contribution is 5.92. The third kappa shape index (κ3) is 3.42. The minimum absolute atomic E-state index is 0.197. The highest BCUT2D eigenvalue weighted by Gasteiger charge is 2.37. The molecule has 0 radical (unpaired) electrons. The Morgan fingerprint density at radius 3 is 2.63 bits per heavy atom. The molecule has 27 heavy (non-hydrogen) atoms. The van der Waals surface area contributed by atoms with E-state index in [-0.39, 0.29) is 31.0 Å². The highest BCUT2D eigenvalue weighted by Crippen LogP contribution is 2.32. The molecular formula is C19H17F2N3O3. The van der Waals surface area contributed by atoms with Crippen molar-refractivity contribution in [2.75, 3.05) is 23.4 Å². The molecule has 140 valence electrons. The van der Waals surface area contributed by atoms with Gasteiger partial charge in [0.2, 0.25) is 0 Å². The minimum atomic E-state index is -0.504. The normalized spacial score (nSPS) is 18.9. The summed E-state index contributed by atoms with van der Waals surface area (Å²) < 4.78 is 31.9. The predicted octanol–water partition coefficient (Wildman–Crippen LogP) is 3.73. The zero-order valence-electron chi connectivity index (χ0n) is 14.3. The van der Waals surface area contributed by atoms with Crippen molar-refractivity contribution in [3.63, 3.8) is 0 Å². The van der Waals surface area contributed by atoms with Crippen molar-refractivity contribution in [3.05, 3.63) is 59.7 Å². The molecule has 2 aromatic carbocycles. The first-order valence-corrected chi connectivity index (χ1v) is 8.57. The first-order valence-electron chi connectivity index (χ1n) is 8.57. The number of cyclic esters (lactones) is 1. The monoisotopic (exact) mass is 373 g/mol. The Balaban J connectivity index is 1.61. The van der Waals surface area contributed by atoms with Crippen molar-refractivity contribution in [1.29, 1.82) is 0 Å². The molecule has 1 unspecified atom stereocenters. The predicted molar refractivity (Wildman–Crippen MR) is 94.5 cm³/mol. The summed E-state index contributed by atoms with van der Waals surface area (Å²) >= 11 is 0. The maximum absolute atomic E-state index is 13.8. The summed E-state index contributed by atoms with van der Waals surface area (Å²) in [6.45, 7) is 0.795. The number of hydrogen-bond donors (Lipinski definition) is 1. The van der Waals surface area contributed by atoms with Crippen LogP contribution >= 0.6 is 0 Å². The van der Waals surface area contributed by atoms with Gasteiger partial charge in [-0.15, -0.1) is 0 Å². The molecule has 0 aromatic heterocycles. The van der Waals surface area contributed by atoms with E-state index in [1.165, 1.54) is 41.3 Å². The summed E-state index contributed by atoms with van der Waals surface area (Å²) in [6.07, 6.45) is -0.00510. The van der Waals surface area contributed by atoms with E-state index in [1.54, 1.807) is 11.0 Å². The van der Waals surface area contributed by atoms with E-state index in [0.717, 1.165) is 0 Å². The molecule has 3 amide bonds. The van der Waals surface area contributed by atoms with Crippen molar-refractivity contribution < 1.29 is 23.1 Å². The number of fused-ring (bicyclic) bond motifs is 3. The topological polar surface area (TPSA) is 61.9 Å². The van der Waals surface area contributed by atoms with Crippen LogP contribution in [0.3, 0.4) is 0 Å². The maximum Gasteiger partial charge on any atom is 0.414 e. The van der Waals surface area contributed by atoms with E-state index >= 15 is 0 Å². The summed E-state index contributed by atoms with van der Waals surface area (Å²) in [5.41, 5.74) is 1.54. The first kappa shape index (κ1) is 17.3. The van der Waals surface area contributed by atoms with Crippen LogP contribution in [0.15, 0.2) is 42.5 Å². The second-order valence-corrected chi connectivity index (χ2v) is 6.52. The lowest BCUT2D eigenvalue weighted by atomic mass is 10.1. The average Bonchev–Trinajstić information content (AvgIpc) is 2.99. The molecule has 2 aliphatic rings. The number of benzene rings is 2. The van der Waals surface area contributed by atoms with Crippen molar-refractivity contribution >= 4 is 23.5 Å². The lowest BCUT2D eigenvalue weighted by Crippen LogP contribution is -2.43. The van der Waals surface area contributed by atoms with Crippen LogP contribution in [0.1, 0.15) is 12.0 Å². The molecule has 1 fully saturated rings. The fraction of sp³-hybridized carbons (Fsp3) is 0.263. The van der Waals surface area contributed by atoms with Gasteiger partial charge in [0.25, 0.3) is 0 Å². The number of amides is 3. The van der Waals surface area contributed by atoms with E-state index in [4.69, 9.17) is 4.74 Å². The summed E-state index contributed by atoms with van der Waals surface area (Å²) in [6, 6.07) is 9.02. The van der Waals surface area contributed by atoms with Crippen LogP contribution in [-0.2, 0) is 11.3 Å². The number of rotatable bonds is 1. The second-order valence-electron chi connectivity index (χ2n) is 6.52.